The summed E-state index contributed by atoms with van der Waals surface area (Å²) in [7, 11) is -7.75. The van der Waals surface area contributed by atoms with Gasteiger partial charge in [0, 0.05) is 5.56 Å². The van der Waals surface area contributed by atoms with Gasteiger partial charge < -0.3 is 4.74 Å². The molecule has 8 nitrogen and oxygen atoms in total. The van der Waals surface area contributed by atoms with Crippen LogP contribution in [0.1, 0.15) is 96.0 Å². The normalized spacial score (nSPS) is 17.8. The summed E-state index contributed by atoms with van der Waals surface area (Å²) in [6.45, 7) is 2.31. The Morgan fingerprint density at radius 3 is 1.84 bits per heavy atom. The number of benzene rings is 1. The van der Waals surface area contributed by atoms with Gasteiger partial charge in [-0.15, -0.1) is 0 Å². The molecule has 0 amide bonds. The van der Waals surface area contributed by atoms with Crippen LogP contribution in [0.3, 0.4) is 0 Å². The molecule has 0 saturated heterocycles. The van der Waals surface area contributed by atoms with E-state index < -0.39 is 38.5 Å². The number of aliphatic imine (C=N–C) groups is 1. The molecule has 0 aromatic heterocycles. The average Bonchev–Trinajstić information content (AvgIpc) is 3.32. The highest BCUT2D eigenvalue weighted by atomic mass is 32.2. The summed E-state index contributed by atoms with van der Waals surface area (Å²) < 4.78 is 64.7. The molecule has 3 atom stereocenters. The molecule has 2 rings (SSSR count). The first-order valence-corrected chi connectivity index (χ1v) is 17.2. The van der Waals surface area contributed by atoms with Crippen molar-refractivity contribution < 1.29 is 29.9 Å². The SMILES string of the molecule is CCCCCCCCCCCCCC[C@@H](OS(C)(=O)=O)[C@@H](OS(C)(=O)=O)[C@@H]1COC(c2ccccc2)=N1. The quantitative estimate of drug-likeness (QED) is 0.151. The Labute approximate surface area is 224 Å². The molecular weight excluding hydrogens is 514 g/mol. The maximum Gasteiger partial charge on any atom is 0.264 e. The van der Waals surface area contributed by atoms with E-state index >= 15 is 0 Å². The van der Waals surface area contributed by atoms with Gasteiger partial charge in [0.1, 0.15) is 24.9 Å². The maximum atomic E-state index is 12.1. The predicted octanol–water partition coefficient (Wildman–Crippen LogP) is 5.61. The van der Waals surface area contributed by atoms with Crippen molar-refractivity contribution in [3.8, 4) is 0 Å². The van der Waals surface area contributed by atoms with Gasteiger partial charge >= 0.3 is 0 Å². The molecule has 0 aliphatic carbocycles. The van der Waals surface area contributed by atoms with Crippen LogP contribution in [0.25, 0.3) is 0 Å². The molecule has 0 unspecified atom stereocenters. The fraction of sp³-hybridized carbons (Fsp3) is 0.741. The van der Waals surface area contributed by atoms with Gasteiger partial charge in [0.25, 0.3) is 20.2 Å². The standard InChI is InChI=1S/C27H45NO7S2/c1-4-5-6-7-8-9-10-11-12-13-14-18-21-25(34-36(2,29)30)26(35-37(3,31)32)24-22-33-27(28-24)23-19-16-15-17-20-23/h15-17,19-20,24-26H,4-14,18,21-22H2,1-3H3/t24-,25+,26-/m0/s1. The molecule has 212 valence electrons. The zero-order chi connectivity index (χ0) is 27.2. The van der Waals surface area contributed by atoms with E-state index in [0.29, 0.717) is 18.7 Å². The van der Waals surface area contributed by atoms with E-state index in [-0.39, 0.29) is 6.61 Å². The van der Waals surface area contributed by atoms with Gasteiger partial charge in [-0.3, -0.25) is 8.37 Å². The molecule has 0 bridgehead atoms. The first-order valence-electron chi connectivity index (χ1n) is 13.6. The molecule has 0 saturated carbocycles. The molecule has 1 aliphatic rings. The minimum absolute atomic E-state index is 0.0759. The number of ether oxygens (including phenoxy) is 1. The number of rotatable bonds is 20. The summed E-state index contributed by atoms with van der Waals surface area (Å²) in [5.74, 6) is 0.371. The highest BCUT2D eigenvalue weighted by Gasteiger charge is 2.39. The van der Waals surface area contributed by atoms with Crippen LogP contribution in [0, 0.1) is 0 Å². The van der Waals surface area contributed by atoms with Crippen LogP contribution in [0.5, 0.6) is 0 Å². The zero-order valence-electron chi connectivity index (χ0n) is 22.6. The minimum atomic E-state index is -3.90. The Morgan fingerprint density at radius 2 is 1.32 bits per heavy atom. The van der Waals surface area contributed by atoms with Crippen LogP contribution in [0.15, 0.2) is 35.3 Å². The minimum Gasteiger partial charge on any atom is -0.475 e. The lowest BCUT2D eigenvalue weighted by Gasteiger charge is -2.27. The number of nitrogens with zero attached hydrogens (tertiary/aromatic N) is 1. The fourth-order valence-corrected chi connectivity index (χ4v) is 5.86. The summed E-state index contributed by atoms with van der Waals surface area (Å²) in [5, 5.41) is 0. The molecule has 1 aromatic rings. The Hall–Kier alpha value is -1.49. The van der Waals surface area contributed by atoms with E-state index in [1.54, 1.807) is 0 Å². The average molecular weight is 560 g/mol. The Bertz CT molecular complexity index is 1010. The highest BCUT2D eigenvalue weighted by molar-refractivity contribution is 7.86. The molecule has 0 spiro atoms. The van der Waals surface area contributed by atoms with E-state index in [1.165, 1.54) is 51.4 Å². The smallest absolute Gasteiger partial charge is 0.264 e. The summed E-state index contributed by atoms with van der Waals surface area (Å²) in [6.07, 6.45) is 14.2. The summed E-state index contributed by atoms with van der Waals surface area (Å²) in [4.78, 5) is 4.53. The third kappa shape index (κ3) is 13.7. The number of hydrogen-bond acceptors (Lipinski definition) is 8. The van der Waals surface area contributed by atoms with Crippen molar-refractivity contribution >= 4 is 26.1 Å². The summed E-state index contributed by atoms with van der Waals surface area (Å²) >= 11 is 0. The van der Waals surface area contributed by atoms with Crippen LogP contribution < -0.4 is 0 Å². The molecule has 1 heterocycles. The van der Waals surface area contributed by atoms with Crippen molar-refractivity contribution in [1.82, 2.24) is 0 Å². The monoisotopic (exact) mass is 559 g/mol. The van der Waals surface area contributed by atoms with E-state index in [9.17, 15) is 16.8 Å². The van der Waals surface area contributed by atoms with Crippen molar-refractivity contribution in [3.05, 3.63) is 35.9 Å². The van der Waals surface area contributed by atoms with Gasteiger partial charge in [0.05, 0.1) is 12.5 Å². The molecule has 10 heteroatoms. The Kier molecular flexibility index (Phi) is 14.1. The van der Waals surface area contributed by atoms with Crippen LogP contribution in [0.2, 0.25) is 0 Å². The van der Waals surface area contributed by atoms with Crippen LogP contribution in [0.4, 0.5) is 0 Å². The van der Waals surface area contributed by atoms with Gasteiger partial charge in [-0.1, -0.05) is 102 Å². The lowest BCUT2D eigenvalue weighted by Crippen LogP contribution is -2.43. The Morgan fingerprint density at radius 1 is 0.811 bits per heavy atom. The predicted molar refractivity (Wildman–Crippen MR) is 148 cm³/mol. The second-order valence-corrected chi connectivity index (χ2v) is 13.2. The van der Waals surface area contributed by atoms with E-state index in [0.717, 1.165) is 37.3 Å². The third-order valence-corrected chi connectivity index (χ3v) is 7.54. The largest absolute Gasteiger partial charge is 0.475 e. The first kappa shape index (κ1) is 31.7. The maximum absolute atomic E-state index is 12.1. The molecule has 0 radical (unpaired) electrons. The van der Waals surface area contributed by atoms with Crippen LogP contribution in [-0.4, -0.2) is 60.1 Å². The lowest BCUT2D eigenvalue weighted by molar-refractivity contribution is 0.0350. The van der Waals surface area contributed by atoms with Crippen molar-refractivity contribution in [2.45, 2.75) is 109 Å². The van der Waals surface area contributed by atoms with Gasteiger partial charge in [-0.05, 0) is 18.6 Å². The summed E-state index contributed by atoms with van der Waals surface area (Å²) in [5.41, 5.74) is 0.754. The zero-order valence-corrected chi connectivity index (χ0v) is 24.3. The van der Waals surface area contributed by atoms with Gasteiger partial charge in [0.2, 0.25) is 5.90 Å². The first-order chi connectivity index (χ1) is 17.6. The number of unbranched alkanes of at least 4 members (excludes halogenated alkanes) is 11. The van der Waals surface area contributed by atoms with Gasteiger partial charge in [-0.25, -0.2) is 4.99 Å². The molecule has 0 N–H and O–H groups in total. The molecule has 37 heavy (non-hydrogen) atoms. The summed E-state index contributed by atoms with van der Waals surface area (Å²) in [6, 6.07) is 8.53. The Balaban J connectivity index is 1.92. The number of hydrogen-bond donors (Lipinski definition) is 0. The van der Waals surface area contributed by atoms with E-state index in [4.69, 9.17) is 13.1 Å². The highest BCUT2D eigenvalue weighted by Crippen LogP contribution is 2.25. The second-order valence-electron chi connectivity index (χ2n) is 9.96. The fourth-order valence-electron chi connectivity index (χ4n) is 4.55. The van der Waals surface area contributed by atoms with E-state index in [1.807, 2.05) is 30.3 Å². The van der Waals surface area contributed by atoms with Crippen molar-refractivity contribution in [3.63, 3.8) is 0 Å². The third-order valence-electron chi connectivity index (χ3n) is 6.37. The second kappa shape index (κ2) is 16.5. The topological polar surface area (TPSA) is 108 Å². The lowest BCUT2D eigenvalue weighted by atomic mass is 10.00. The van der Waals surface area contributed by atoms with E-state index in [2.05, 4.69) is 11.9 Å². The van der Waals surface area contributed by atoms with Crippen molar-refractivity contribution in [1.29, 1.82) is 0 Å². The molecule has 1 aromatic carbocycles. The van der Waals surface area contributed by atoms with Gasteiger partial charge in [-0.2, -0.15) is 16.8 Å². The molecule has 0 fully saturated rings. The molecule has 1 aliphatic heterocycles. The van der Waals surface area contributed by atoms with Crippen molar-refractivity contribution in [2.24, 2.45) is 4.99 Å². The van der Waals surface area contributed by atoms with Gasteiger partial charge in [0.15, 0.2) is 0 Å². The van der Waals surface area contributed by atoms with Crippen LogP contribution in [-0.2, 0) is 33.3 Å². The van der Waals surface area contributed by atoms with Crippen molar-refractivity contribution in [2.75, 3.05) is 19.1 Å². The van der Waals surface area contributed by atoms with Crippen LogP contribution >= 0.6 is 0 Å². The molecular formula is C27H45NO7S2.